The van der Waals surface area contributed by atoms with Gasteiger partial charge < -0.3 is 29.2 Å². The molecule has 0 aromatic heterocycles. The van der Waals surface area contributed by atoms with E-state index in [0.717, 1.165) is 18.2 Å². The molecule has 0 aliphatic rings. The van der Waals surface area contributed by atoms with Crippen LogP contribution in [0.5, 0.6) is 0 Å². The summed E-state index contributed by atoms with van der Waals surface area (Å²) in [6.45, 7) is 29.6. The van der Waals surface area contributed by atoms with Crippen LogP contribution < -0.4 is 5.32 Å². The summed E-state index contributed by atoms with van der Waals surface area (Å²) in [6.07, 6.45) is 1.02. The Morgan fingerprint density at radius 1 is 0.902 bits per heavy atom. The van der Waals surface area contributed by atoms with Gasteiger partial charge in [0.1, 0.15) is 0 Å². The van der Waals surface area contributed by atoms with Crippen molar-refractivity contribution in [3.63, 3.8) is 0 Å². The molecule has 0 radical (unpaired) electrons. The number of thioether (sulfide) groups is 1. The van der Waals surface area contributed by atoms with Crippen LogP contribution in [0.2, 0.25) is 18.1 Å². The number of carbonyl (C=O) groups is 1. The van der Waals surface area contributed by atoms with Gasteiger partial charge in [-0.1, -0.05) is 32.5 Å². The first-order chi connectivity index (χ1) is 18.9. The maximum Gasteiger partial charge on any atom is 0.192 e. The zero-order valence-electron chi connectivity index (χ0n) is 28.5. The van der Waals surface area contributed by atoms with E-state index in [1.807, 2.05) is 0 Å². The molecular weight excluding hydrogens is 577 g/mol. The van der Waals surface area contributed by atoms with E-state index in [1.54, 1.807) is 0 Å². The van der Waals surface area contributed by atoms with Gasteiger partial charge in [-0.15, -0.1) is 0 Å². The van der Waals surface area contributed by atoms with Crippen molar-refractivity contribution in [2.24, 2.45) is 0 Å². The number of nitrogens with one attached hydrogen (secondary N) is 1. The van der Waals surface area contributed by atoms with Crippen LogP contribution in [0.3, 0.4) is 0 Å². The number of aliphatic hydroxyl groups excluding tert-OH is 2. The highest BCUT2D eigenvalue weighted by Crippen LogP contribution is 2.50. The van der Waals surface area contributed by atoms with Crippen molar-refractivity contribution in [1.82, 2.24) is 14.7 Å². The second-order valence-corrected chi connectivity index (χ2v) is 20.9. The van der Waals surface area contributed by atoms with Crippen LogP contribution in [0.25, 0.3) is 0 Å². The van der Waals surface area contributed by atoms with Gasteiger partial charge in [0.25, 0.3) is 0 Å². The van der Waals surface area contributed by atoms with E-state index in [-0.39, 0.29) is 36.4 Å². The highest BCUT2D eigenvalue weighted by molar-refractivity contribution is 8.13. The molecule has 0 amide bonds. The third-order valence-electron chi connectivity index (χ3n) is 7.40. The molecule has 0 aromatic carbocycles. The van der Waals surface area contributed by atoms with E-state index in [9.17, 15) is 15.0 Å². The molecule has 246 valence electrons. The standard InChI is InChI=1S/C29H64N3O6PSSi/c1-23(2)31(24(3)4)39(32(25(5)6)26(7)8)37-18-14-17-36-22-40-27(35)15-16-30-29(19-33,20-34)21-38-41(12,13)28(9,10)11/h23-26,30,33-34H,14-22H2,1-13H3. The molecule has 0 aromatic rings. The van der Waals surface area contributed by atoms with Crippen LogP contribution in [0.1, 0.15) is 89.0 Å². The topological polar surface area (TPSA) is 104 Å². The highest BCUT2D eigenvalue weighted by Gasteiger charge is 2.40. The smallest absolute Gasteiger partial charge is 0.192 e. The number of aliphatic hydroxyl groups is 2. The lowest BCUT2D eigenvalue weighted by Gasteiger charge is -2.45. The fourth-order valence-electron chi connectivity index (χ4n) is 4.05. The first kappa shape index (κ1) is 41.3. The zero-order chi connectivity index (χ0) is 32.0. The third-order valence-corrected chi connectivity index (χ3v) is 15.7. The molecule has 0 fully saturated rings. The number of hydrogen-bond acceptors (Lipinski definition) is 10. The predicted molar refractivity (Wildman–Crippen MR) is 178 cm³/mol. The van der Waals surface area contributed by atoms with E-state index in [4.69, 9.17) is 13.7 Å². The Balaban J connectivity index is 4.61. The number of ether oxygens (including phenoxy) is 1. The second kappa shape index (κ2) is 19.7. The summed E-state index contributed by atoms with van der Waals surface area (Å²) in [5.74, 6) is 0.293. The van der Waals surface area contributed by atoms with Crippen molar-refractivity contribution >= 4 is 33.6 Å². The van der Waals surface area contributed by atoms with Crippen LogP contribution in [0.4, 0.5) is 0 Å². The molecule has 0 spiro atoms. The summed E-state index contributed by atoms with van der Waals surface area (Å²) >= 11 is 1.15. The normalized spacial score (nSPS) is 13.8. The van der Waals surface area contributed by atoms with Crippen LogP contribution >= 0.6 is 20.2 Å². The van der Waals surface area contributed by atoms with E-state index in [1.165, 1.54) is 0 Å². The Hall–Kier alpha value is 0.347. The lowest BCUT2D eigenvalue weighted by molar-refractivity contribution is -0.111. The van der Waals surface area contributed by atoms with Crippen molar-refractivity contribution in [3.8, 4) is 0 Å². The van der Waals surface area contributed by atoms with Crippen LogP contribution in [0, 0.1) is 0 Å². The number of hydrogen-bond donors (Lipinski definition) is 3. The Morgan fingerprint density at radius 3 is 1.80 bits per heavy atom. The fourth-order valence-corrected chi connectivity index (χ4v) is 8.08. The minimum absolute atomic E-state index is 0.00128. The summed E-state index contributed by atoms with van der Waals surface area (Å²) in [6, 6.07) is 1.50. The van der Waals surface area contributed by atoms with Gasteiger partial charge in [-0.25, -0.2) is 9.34 Å². The van der Waals surface area contributed by atoms with Crippen molar-refractivity contribution in [2.45, 2.75) is 137 Å². The molecule has 0 rings (SSSR count). The quantitative estimate of drug-likeness (QED) is 0.0580. The lowest BCUT2D eigenvalue weighted by Crippen LogP contribution is -2.58. The zero-order valence-corrected chi connectivity index (χ0v) is 31.2. The van der Waals surface area contributed by atoms with Crippen LogP contribution in [-0.2, 0) is 18.5 Å². The molecule has 0 saturated carbocycles. The van der Waals surface area contributed by atoms with E-state index >= 15 is 0 Å². The van der Waals surface area contributed by atoms with Crippen molar-refractivity contribution < 1.29 is 28.7 Å². The Bertz CT molecular complexity index is 685. The third kappa shape index (κ3) is 14.8. The van der Waals surface area contributed by atoms with E-state index in [2.05, 4.69) is 104 Å². The molecule has 0 heterocycles. The average Bonchev–Trinajstić information content (AvgIpc) is 2.84. The van der Waals surface area contributed by atoms with Crippen LogP contribution in [-0.4, -0.2) is 108 Å². The van der Waals surface area contributed by atoms with Gasteiger partial charge in [0.05, 0.1) is 37.9 Å². The van der Waals surface area contributed by atoms with Gasteiger partial charge in [-0.05, 0) is 79.9 Å². The minimum atomic E-state index is -2.04. The molecular formula is C29H64N3O6PSSi. The van der Waals surface area contributed by atoms with Gasteiger partial charge in [-0.2, -0.15) is 0 Å². The number of carbonyl (C=O) groups excluding carboxylic acids is 1. The monoisotopic (exact) mass is 641 g/mol. The Kier molecular flexibility index (Phi) is 19.8. The summed E-state index contributed by atoms with van der Waals surface area (Å²) in [5.41, 5.74) is -0.974. The van der Waals surface area contributed by atoms with Gasteiger partial charge >= 0.3 is 0 Å². The molecule has 41 heavy (non-hydrogen) atoms. The molecule has 0 aliphatic carbocycles. The Morgan fingerprint density at radius 2 is 1.39 bits per heavy atom. The summed E-state index contributed by atoms with van der Waals surface area (Å²) in [4.78, 5) is 12.4. The van der Waals surface area contributed by atoms with Gasteiger partial charge in [0.15, 0.2) is 21.9 Å². The Labute approximate surface area is 258 Å². The number of nitrogens with zero attached hydrogens (tertiary/aromatic N) is 2. The van der Waals surface area contributed by atoms with Crippen molar-refractivity contribution in [3.05, 3.63) is 0 Å². The first-order valence-electron chi connectivity index (χ1n) is 15.2. The first-order valence-corrected chi connectivity index (χ1v) is 20.2. The van der Waals surface area contributed by atoms with Gasteiger partial charge in [0, 0.05) is 43.7 Å². The second-order valence-electron chi connectivity index (χ2n) is 13.4. The van der Waals surface area contributed by atoms with Gasteiger partial charge in [-0.3, -0.25) is 4.79 Å². The van der Waals surface area contributed by atoms with E-state index in [0.29, 0.717) is 49.9 Å². The summed E-state index contributed by atoms with van der Waals surface area (Å²) in [5, 5.41) is 23.1. The molecule has 0 aliphatic heterocycles. The summed E-state index contributed by atoms with van der Waals surface area (Å²) < 4.78 is 23.4. The van der Waals surface area contributed by atoms with E-state index < -0.39 is 22.3 Å². The molecule has 0 bridgehead atoms. The molecule has 9 nitrogen and oxygen atoms in total. The van der Waals surface area contributed by atoms with Crippen molar-refractivity contribution in [1.29, 1.82) is 0 Å². The molecule has 0 saturated heterocycles. The molecule has 0 unspecified atom stereocenters. The van der Waals surface area contributed by atoms with Crippen LogP contribution in [0.15, 0.2) is 0 Å². The largest absolute Gasteiger partial charge is 0.415 e. The maximum absolute atomic E-state index is 12.4. The number of rotatable bonds is 22. The maximum atomic E-state index is 12.4. The lowest BCUT2D eigenvalue weighted by atomic mass is 10.0. The summed E-state index contributed by atoms with van der Waals surface area (Å²) in [7, 11) is -2.95. The molecule has 12 heteroatoms. The molecule has 3 N–H and O–H groups in total. The van der Waals surface area contributed by atoms with Crippen molar-refractivity contribution in [2.75, 3.05) is 45.5 Å². The fraction of sp³-hybridized carbons (Fsp3) is 0.966. The minimum Gasteiger partial charge on any atom is -0.415 e. The average molecular weight is 642 g/mol. The predicted octanol–water partition coefficient (Wildman–Crippen LogP) is 5.82. The SMILES string of the molecule is CC(C)N(C(C)C)P(OCCCOCSC(=O)CCNC(CO)(CO)CO[Si](C)(C)C(C)(C)C)N(C(C)C)C(C)C. The molecule has 0 atom stereocenters. The van der Waals surface area contributed by atoms with Gasteiger partial charge in [0.2, 0.25) is 0 Å². The highest BCUT2D eigenvalue weighted by atomic mass is 32.2.